The summed E-state index contributed by atoms with van der Waals surface area (Å²) in [6.45, 7) is 7.06. The number of rotatable bonds is 9. The molecule has 2 rings (SSSR count). The Kier molecular flexibility index (Phi) is 7.03. The molecule has 23 heavy (non-hydrogen) atoms. The molecule has 6 heteroatoms. The average molecular weight is 333 g/mol. The largest absolute Gasteiger partial charge is 0.494 e. The van der Waals surface area contributed by atoms with E-state index in [-0.39, 0.29) is 5.91 Å². The minimum absolute atomic E-state index is 0.128. The van der Waals surface area contributed by atoms with Gasteiger partial charge >= 0.3 is 0 Å². The van der Waals surface area contributed by atoms with E-state index in [1.807, 2.05) is 31.2 Å². The van der Waals surface area contributed by atoms with Gasteiger partial charge < -0.3 is 15.4 Å². The quantitative estimate of drug-likeness (QED) is 0.693. The molecule has 5 nitrogen and oxygen atoms in total. The highest BCUT2D eigenvalue weighted by atomic mass is 32.1. The molecule has 0 saturated carbocycles. The maximum Gasteiger partial charge on any atom is 0.270 e. The van der Waals surface area contributed by atoms with Crippen LogP contribution in [0.2, 0.25) is 0 Å². The highest BCUT2D eigenvalue weighted by Crippen LogP contribution is 2.25. The van der Waals surface area contributed by atoms with Gasteiger partial charge in [-0.1, -0.05) is 6.92 Å². The molecule has 0 aliphatic rings. The van der Waals surface area contributed by atoms with E-state index in [0.717, 1.165) is 35.8 Å². The number of carbonyl (C=O) groups excluding carboxylic acids is 1. The summed E-state index contributed by atoms with van der Waals surface area (Å²) in [6.07, 6.45) is 1.09. The van der Waals surface area contributed by atoms with Crippen molar-refractivity contribution in [1.29, 1.82) is 0 Å². The summed E-state index contributed by atoms with van der Waals surface area (Å²) in [4.78, 5) is 16.5. The molecule has 0 saturated heterocycles. The second-order valence-corrected chi connectivity index (χ2v) is 5.86. The molecule has 0 aliphatic carbocycles. The SMILES string of the molecule is CCCNCCNC(=O)c1csc(-c2ccc(OCC)cc2)n1. The highest BCUT2D eigenvalue weighted by molar-refractivity contribution is 7.13. The Labute approximate surface area is 141 Å². The first-order valence-electron chi connectivity index (χ1n) is 7.92. The normalized spacial score (nSPS) is 10.5. The van der Waals surface area contributed by atoms with Crippen LogP contribution in [0.25, 0.3) is 10.6 Å². The fourth-order valence-corrected chi connectivity index (χ4v) is 2.83. The van der Waals surface area contributed by atoms with Crippen LogP contribution in [0.3, 0.4) is 0 Å². The van der Waals surface area contributed by atoms with Crippen LogP contribution in [0.1, 0.15) is 30.8 Å². The lowest BCUT2D eigenvalue weighted by atomic mass is 10.2. The van der Waals surface area contributed by atoms with Crippen molar-refractivity contribution < 1.29 is 9.53 Å². The Bertz CT molecular complexity index is 611. The average Bonchev–Trinajstić information content (AvgIpc) is 3.05. The van der Waals surface area contributed by atoms with Gasteiger partial charge in [0, 0.05) is 24.0 Å². The first kappa shape index (κ1) is 17.4. The molecule has 0 radical (unpaired) electrons. The van der Waals surface area contributed by atoms with Crippen molar-refractivity contribution in [2.24, 2.45) is 0 Å². The summed E-state index contributed by atoms with van der Waals surface area (Å²) in [7, 11) is 0. The van der Waals surface area contributed by atoms with Gasteiger partial charge in [0.2, 0.25) is 0 Å². The molecule has 2 aromatic rings. The number of amides is 1. The molecule has 0 unspecified atom stereocenters. The second-order valence-electron chi connectivity index (χ2n) is 5.00. The number of aromatic nitrogens is 1. The minimum atomic E-state index is -0.128. The Balaban J connectivity index is 1.90. The zero-order valence-corrected chi connectivity index (χ0v) is 14.4. The van der Waals surface area contributed by atoms with Gasteiger partial charge in [-0.3, -0.25) is 4.79 Å². The van der Waals surface area contributed by atoms with Crippen molar-refractivity contribution in [3.05, 3.63) is 35.3 Å². The van der Waals surface area contributed by atoms with Crippen molar-refractivity contribution in [3.63, 3.8) is 0 Å². The molecule has 0 fully saturated rings. The van der Waals surface area contributed by atoms with Crippen molar-refractivity contribution in [1.82, 2.24) is 15.6 Å². The van der Waals surface area contributed by atoms with Crippen LogP contribution in [-0.4, -0.2) is 37.1 Å². The molecule has 1 aromatic carbocycles. The monoisotopic (exact) mass is 333 g/mol. The zero-order chi connectivity index (χ0) is 16.5. The molecule has 0 aliphatic heterocycles. The fourth-order valence-electron chi connectivity index (χ4n) is 2.03. The van der Waals surface area contributed by atoms with Gasteiger partial charge in [0.1, 0.15) is 16.5 Å². The van der Waals surface area contributed by atoms with Gasteiger partial charge in [-0.25, -0.2) is 4.98 Å². The van der Waals surface area contributed by atoms with Crippen molar-refractivity contribution >= 4 is 17.2 Å². The summed E-state index contributed by atoms with van der Waals surface area (Å²) in [5.41, 5.74) is 1.46. The van der Waals surface area contributed by atoms with Gasteiger partial charge in [0.15, 0.2) is 0 Å². The van der Waals surface area contributed by atoms with Crippen molar-refractivity contribution in [2.45, 2.75) is 20.3 Å². The smallest absolute Gasteiger partial charge is 0.270 e. The van der Waals surface area contributed by atoms with Crippen LogP contribution in [0, 0.1) is 0 Å². The molecular formula is C17H23N3O2S. The van der Waals surface area contributed by atoms with Crippen molar-refractivity contribution in [2.75, 3.05) is 26.2 Å². The van der Waals surface area contributed by atoms with E-state index in [1.165, 1.54) is 11.3 Å². The predicted molar refractivity (Wildman–Crippen MR) is 94.2 cm³/mol. The highest BCUT2D eigenvalue weighted by Gasteiger charge is 2.11. The Morgan fingerprint density at radius 1 is 1.17 bits per heavy atom. The van der Waals surface area contributed by atoms with Crippen LogP contribution in [0.4, 0.5) is 0 Å². The number of nitrogens with zero attached hydrogens (tertiary/aromatic N) is 1. The summed E-state index contributed by atoms with van der Waals surface area (Å²) in [5.74, 6) is 0.710. The van der Waals surface area contributed by atoms with Crippen LogP contribution in [-0.2, 0) is 0 Å². The summed E-state index contributed by atoms with van der Waals surface area (Å²) < 4.78 is 5.43. The number of hydrogen-bond acceptors (Lipinski definition) is 5. The third kappa shape index (κ3) is 5.33. The molecule has 1 aromatic heterocycles. The third-order valence-electron chi connectivity index (χ3n) is 3.16. The van der Waals surface area contributed by atoms with Crippen LogP contribution in [0.15, 0.2) is 29.6 Å². The van der Waals surface area contributed by atoms with Gasteiger partial charge in [-0.2, -0.15) is 0 Å². The standard InChI is InChI=1S/C17H23N3O2S/c1-3-9-18-10-11-19-16(21)15-12-23-17(20-15)13-5-7-14(8-6-13)22-4-2/h5-8,12,18H,3-4,9-11H2,1-2H3,(H,19,21). The van der Waals surface area contributed by atoms with E-state index < -0.39 is 0 Å². The molecule has 0 spiro atoms. The number of hydrogen-bond donors (Lipinski definition) is 2. The molecular weight excluding hydrogens is 310 g/mol. The number of ether oxygens (including phenoxy) is 1. The van der Waals surface area contributed by atoms with Gasteiger partial charge in [0.05, 0.1) is 6.61 Å². The maximum atomic E-state index is 12.0. The van der Waals surface area contributed by atoms with E-state index in [2.05, 4.69) is 22.5 Å². The number of benzene rings is 1. The number of nitrogens with one attached hydrogen (secondary N) is 2. The Hall–Kier alpha value is -1.92. The molecule has 0 atom stereocenters. The lowest BCUT2D eigenvalue weighted by Crippen LogP contribution is -2.32. The predicted octanol–water partition coefficient (Wildman–Crippen LogP) is 2.94. The van der Waals surface area contributed by atoms with Crippen molar-refractivity contribution in [3.8, 4) is 16.3 Å². The van der Waals surface area contributed by atoms with E-state index >= 15 is 0 Å². The van der Waals surface area contributed by atoms with E-state index in [9.17, 15) is 4.79 Å². The molecule has 1 amide bonds. The topological polar surface area (TPSA) is 63.2 Å². The molecule has 1 heterocycles. The summed E-state index contributed by atoms with van der Waals surface area (Å²) in [6, 6.07) is 7.75. The number of carbonyl (C=O) groups is 1. The van der Waals surface area contributed by atoms with E-state index in [4.69, 9.17) is 4.74 Å². The lowest BCUT2D eigenvalue weighted by Gasteiger charge is -2.04. The summed E-state index contributed by atoms with van der Waals surface area (Å²) in [5, 5.41) is 8.74. The van der Waals surface area contributed by atoms with Gasteiger partial charge in [0.25, 0.3) is 5.91 Å². The van der Waals surface area contributed by atoms with E-state index in [0.29, 0.717) is 18.8 Å². The maximum absolute atomic E-state index is 12.0. The fraction of sp³-hybridized carbons (Fsp3) is 0.412. The minimum Gasteiger partial charge on any atom is -0.494 e. The zero-order valence-electron chi connectivity index (χ0n) is 13.6. The first-order chi connectivity index (χ1) is 11.2. The second kappa shape index (κ2) is 9.27. The van der Waals surface area contributed by atoms with E-state index in [1.54, 1.807) is 5.38 Å². The van der Waals surface area contributed by atoms with Crippen LogP contribution < -0.4 is 15.4 Å². The lowest BCUT2D eigenvalue weighted by molar-refractivity contribution is 0.0949. The van der Waals surface area contributed by atoms with Crippen LogP contribution >= 0.6 is 11.3 Å². The molecule has 0 bridgehead atoms. The Morgan fingerprint density at radius 3 is 2.65 bits per heavy atom. The first-order valence-corrected chi connectivity index (χ1v) is 8.80. The third-order valence-corrected chi connectivity index (χ3v) is 4.05. The molecule has 124 valence electrons. The van der Waals surface area contributed by atoms with Gasteiger partial charge in [-0.15, -0.1) is 11.3 Å². The molecule has 2 N–H and O–H groups in total. The summed E-state index contributed by atoms with van der Waals surface area (Å²) >= 11 is 1.47. The van der Waals surface area contributed by atoms with Crippen LogP contribution in [0.5, 0.6) is 5.75 Å². The number of thiazole rings is 1. The van der Waals surface area contributed by atoms with Gasteiger partial charge in [-0.05, 0) is 44.2 Å². The Morgan fingerprint density at radius 2 is 1.96 bits per heavy atom.